The van der Waals surface area contributed by atoms with Gasteiger partial charge in [0.05, 0.1) is 21.1 Å². The van der Waals surface area contributed by atoms with E-state index in [1.807, 2.05) is 6.92 Å². The quantitative estimate of drug-likeness (QED) is 0.788. The number of benzene rings is 1. The van der Waals surface area contributed by atoms with E-state index in [4.69, 9.17) is 20.1 Å². The summed E-state index contributed by atoms with van der Waals surface area (Å²) in [5.41, 5.74) is -0.715. The fraction of sp³-hybridized carbons (Fsp3) is 0.462. The lowest BCUT2D eigenvalue weighted by Crippen LogP contribution is -2.52. The average molecular weight is 277 g/mol. The van der Waals surface area contributed by atoms with Crippen LogP contribution < -0.4 is 0 Å². The summed E-state index contributed by atoms with van der Waals surface area (Å²) in [5, 5.41) is -2.27. The normalized spacial score (nSPS) is 13.9. The van der Waals surface area contributed by atoms with Crippen molar-refractivity contribution in [1.82, 2.24) is 4.98 Å². The molecule has 0 aliphatic heterocycles. The summed E-state index contributed by atoms with van der Waals surface area (Å²) in [7, 11) is 11.4. The zero-order valence-corrected chi connectivity index (χ0v) is 11.4. The number of hydrogen-bond acceptors (Lipinski definition) is 2. The van der Waals surface area contributed by atoms with Crippen LogP contribution in [-0.4, -0.2) is 26.9 Å². The van der Waals surface area contributed by atoms with Gasteiger partial charge in [-0.05, 0) is 29.8 Å². The molecule has 0 amide bonds. The van der Waals surface area contributed by atoms with Gasteiger partial charge >= 0.3 is 6.18 Å². The van der Waals surface area contributed by atoms with Gasteiger partial charge in [-0.15, -0.1) is 0 Å². The number of aryl methyl sites for hydroxylation is 1. The van der Waals surface area contributed by atoms with Crippen LogP contribution in [0.25, 0.3) is 11.1 Å². The molecule has 0 atom stereocenters. The minimum absolute atomic E-state index is 0.333. The Hall–Kier alpha value is -1.39. The lowest BCUT2D eigenvalue weighted by Gasteiger charge is -2.41. The van der Waals surface area contributed by atoms with E-state index in [0.29, 0.717) is 11.1 Å². The molecule has 1 aromatic carbocycles. The highest BCUT2D eigenvalue weighted by Crippen LogP contribution is 2.48. The second kappa shape index (κ2) is 4.30. The molecule has 0 aliphatic rings. The van der Waals surface area contributed by atoms with Gasteiger partial charge in [0.2, 0.25) is 0 Å². The van der Waals surface area contributed by atoms with Crippen LogP contribution >= 0.6 is 0 Å². The molecule has 2 aromatic rings. The van der Waals surface area contributed by atoms with Crippen LogP contribution in [0.4, 0.5) is 13.2 Å². The van der Waals surface area contributed by atoms with Crippen molar-refractivity contribution in [3.05, 3.63) is 29.7 Å². The third-order valence-corrected chi connectivity index (χ3v) is 3.64. The summed E-state index contributed by atoms with van der Waals surface area (Å²) in [5.74, 6) is -0.333. The smallest absolute Gasteiger partial charge is 0.393 e. The molecule has 0 saturated carbocycles. The van der Waals surface area contributed by atoms with Crippen molar-refractivity contribution in [2.24, 2.45) is 5.41 Å². The molecule has 1 heterocycles. The molecule has 0 N–H and O–H groups in total. The van der Waals surface area contributed by atoms with Crippen molar-refractivity contribution >= 4 is 26.8 Å². The maximum absolute atomic E-state index is 13.1. The second-order valence-corrected chi connectivity index (χ2v) is 5.48. The van der Waals surface area contributed by atoms with Gasteiger partial charge in [-0.25, -0.2) is 4.98 Å². The maximum Gasteiger partial charge on any atom is 0.393 e. The minimum Gasteiger partial charge on any atom is -0.442 e. The lowest BCUT2D eigenvalue weighted by atomic mass is 9.42. The van der Waals surface area contributed by atoms with Crippen LogP contribution in [0.5, 0.6) is 0 Å². The van der Waals surface area contributed by atoms with Crippen LogP contribution in [0.2, 0.25) is 0 Å². The number of nitrogens with zero attached hydrogens (tertiary/aromatic N) is 1. The summed E-state index contributed by atoms with van der Waals surface area (Å²) in [6.07, 6.45) is -4.59. The largest absolute Gasteiger partial charge is 0.442 e. The first-order chi connectivity index (χ1) is 8.97. The first-order valence-corrected chi connectivity index (χ1v) is 5.99. The molecule has 2 rings (SSSR count). The van der Waals surface area contributed by atoms with Gasteiger partial charge in [-0.1, -0.05) is 19.9 Å². The summed E-state index contributed by atoms with van der Waals surface area (Å²) >= 11 is 0. The number of halogens is 3. The molecule has 0 bridgehead atoms. The molecule has 20 heavy (non-hydrogen) atoms. The predicted molar refractivity (Wildman–Crippen MR) is 71.8 cm³/mol. The number of oxazole rings is 1. The number of aromatic nitrogens is 1. The number of fused-ring (bicyclic) bond motifs is 1. The van der Waals surface area contributed by atoms with Gasteiger partial charge in [-0.3, -0.25) is 0 Å². The predicted octanol–water partition coefficient (Wildman–Crippen LogP) is 3.21. The monoisotopic (exact) mass is 277 g/mol. The first-order valence-electron chi connectivity index (χ1n) is 5.99. The fourth-order valence-electron chi connectivity index (χ4n) is 1.71. The van der Waals surface area contributed by atoms with E-state index < -0.39 is 16.8 Å². The van der Waals surface area contributed by atoms with E-state index >= 15 is 0 Å². The Morgan fingerprint density at radius 1 is 1.15 bits per heavy atom. The second-order valence-electron chi connectivity index (χ2n) is 5.48. The van der Waals surface area contributed by atoms with Gasteiger partial charge in [-0.2, -0.15) is 13.2 Å². The fourth-order valence-corrected chi connectivity index (χ4v) is 1.71. The standard InChI is InChI=1S/C13H12B2F3NO/c1-7-4-5-8-9(6-7)20-10(19-8)12(14,15)11(2,3)13(16,17)18/h4-6H,1-3H3. The summed E-state index contributed by atoms with van der Waals surface area (Å²) in [6.45, 7) is 3.68. The topological polar surface area (TPSA) is 26.0 Å². The average Bonchev–Trinajstić information content (AvgIpc) is 2.70. The Labute approximate surface area is 117 Å². The van der Waals surface area contributed by atoms with E-state index in [1.54, 1.807) is 18.2 Å². The van der Waals surface area contributed by atoms with E-state index in [2.05, 4.69) is 4.98 Å². The zero-order chi connectivity index (χ0) is 15.3. The van der Waals surface area contributed by atoms with Crippen molar-refractivity contribution in [2.45, 2.75) is 32.2 Å². The van der Waals surface area contributed by atoms with Crippen molar-refractivity contribution in [3.8, 4) is 0 Å². The molecule has 0 spiro atoms. The summed E-state index contributed by atoms with van der Waals surface area (Å²) in [4.78, 5) is 3.99. The highest BCUT2D eigenvalue weighted by Gasteiger charge is 2.57. The Kier molecular flexibility index (Phi) is 3.23. The molecule has 7 heteroatoms. The molecule has 102 valence electrons. The van der Waals surface area contributed by atoms with Gasteiger partial charge in [0.1, 0.15) is 5.52 Å². The van der Waals surface area contributed by atoms with Crippen molar-refractivity contribution in [1.29, 1.82) is 0 Å². The van der Waals surface area contributed by atoms with Crippen LogP contribution in [0.3, 0.4) is 0 Å². The van der Waals surface area contributed by atoms with Gasteiger partial charge < -0.3 is 4.42 Å². The van der Waals surface area contributed by atoms with Crippen molar-refractivity contribution in [3.63, 3.8) is 0 Å². The first kappa shape index (κ1) is 15.0. The summed E-state index contributed by atoms with van der Waals surface area (Å²) < 4.78 is 44.6. The SMILES string of the molecule is [B]C([B])(c1nc2ccc(C)cc2o1)C(C)(C)C(F)(F)F. The Bertz CT molecular complexity index is 647. The molecule has 0 aliphatic carbocycles. The maximum atomic E-state index is 13.1. The number of hydrogen-bond donors (Lipinski definition) is 0. The Morgan fingerprint density at radius 3 is 2.30 bits per heavy atom. The lowest BCUT2D eigenvalue weighted by molar-refractivity contribution is -0.218. The molecule has 4 radical (unpaired) electrons. The van der Waals surface area contributed by atoms with Crippen molar-refractivity contribution in [2.75, 3.05) is 0 Å². The van der Waals surface area contributed by atoms with Crippen LogP contribution in [-0.2, 0) is 5.21 Å². The minimum atomic E-state index is -4.59. The van der Waals surface area contributed by atoms with Gasteiger partial charge in [0, 0.05) is 0 Å². The van der Waals surface area contributed by atoms with E-state index in [1.165, 1.54) is 0 Å². The number of alkyl halides is 3. The van der Waals surface area contributed by atoms with Gasteiger partial charge in [0.25, 0.3) is 0 Å². The molecule has 0 unspecified atom stereocenters. The molecule has 2 nitrogen and oxygen atoms in total. The molecular formula is C13H12B2F3NO. The van der Waals surface area contributed by atoms with E-state index in [0.717, 1.165) is 19.4 Å². The number of rotatable bonds is 2. The van der Waals surface area contributed by atoms with Gasteiger partial charge in [0.15, 0.2) is 11.5 Å². The highest BCUT2D eigenvalue weighted by molar-refractivity contribution is 6.40. The third-order valence-electron chi connectivity index (χ3n) is 3.64. The Balaban J connectivity index is 2.57. The van der Waals surface area contributed by atoms with Crippen LogP contribution in [0.1, 0.15) is 25.3 Å². The molecule has 0 fully saturated rings. The van der Waals surface area contributed by atoms with E-state index in [9.17, 15) is 13.2 Å². The third kappa shape index (κ3) is 2.13. The van der Waals surface area contributed by atoms with Crippen LogP contribution in [0.15, 0.2) is 22.6 Å². The zero-order valence-electron chi connectivity index (χ0n) is 11.4. The van der Waals surface area contributed by atoms with Crippen molar-refractivity contribution < 1.29 is 17.6 Å². The summed E-state index contributed by atoms with van der Waals surface area (Å²) in [6, 6.07) is 5.09. The Morgan fingerprint density at radius 2 is 1.75 bits per heavy atom. The van der Waals surface area contributed by atoms with Crippen LogP contribution in [0, 0.1) is 12.3 Å². The highest BCUT2D eigenvalue weighted by atomic mass is 19.4. The molecule has 1 aromatic heterocycles. The molecule has 0 saturated heterocycles. The molecular weight excluding hydrogens is 265 g/mol. The van der Waals surface area contributed by atoms with E-state index in [-0.39, 0.29) is 5.89 Å².